The van der Waals surface area contributed by atoms with Crippen molar-refractivity contribution in [2.75, 3.05) is 7.11 Å². The Morgan fingerprint density at radius 2 is 2.14 bits per heavy atom. The molecule has 4 heteroatoms. The van der Waals surface area contributed by atoms with Crippen LogP contribution in [0.15, 0.2) is 12.1 Å². The minimum Gasteiger partial charge on any atom is -0.495 e. The van der Waals surface area contributed by atoms with Gasteiger partial charge >= 0.3 is 0 Å². The molecule has 1 aromatic rings. The van der Waals surface area contributed by atoms with Gasteiger partial charge in [-0.1, -0.05) is 11.6 Å². The molecular formula is C10H11ClFNO. The smallest absolute Gasteiger partial charge is 0.140 e. The zero-order chi connectivity index (χ0) is 10.3. The Hall–Kier alpha value is -0.800. The third-order valence-electron chi connectivity index (χ3n) is 2.55. The second kappa shape index (κ2) is 3.11. The highest BCUT2D eigenvalue weighted by molar-refractivity contribution is 6.33. The van der Waals surface area contributed by atoms with E-state index in [1.807, 2.05) is 0 Å². The van der Waals surface area contributed by atoms with Crippen LogP contribution in [0, 0.1) is 5.82 Å². The summed E-state index contributed by atoms with van der Waals surface area (Å²) in [6.07, 6.45) is 1.69. The molecule has 1 saturated carbocycles. The number of halogens is 2. The molecule has 2 nitrogen and oxygen atoms in total. The van der Waals surface area contributed by atoms with Crippen LogP contribution in [0.2, 0.25) is 5.02 Å². The molecule has 2 N–H and O–H groups in total. The van der Waals surface area contributed by atoms with Gasteiger partial charge in [0, 0.05) is 11.6 Å². The molecule has 0 spiro atoms. The van der Waals surface area contributed by atoms with E-state index in [4.69, 9.17) is 22.1 Å². The Labute approximate surface area is 86.8 Å². The lowest BCUT2D eigenvalue weighted by Crippen LogP contribution is -2.19. The molecule has 2 rings (SSSR count). The molecule has 1 fully saturated rings. The SMILES string of the molecule is COc1cc(F)cc(C2(N)CC2)c1Cl. The lowest BCUT2D eigenvalue weighted by molar-refractivity contribution is 0.410. The van der Waals surface area contributed by atoms with Gasteiger partial charge in [-0.25, -0.2) is 4.39 Å². The van der Waals surface area contributed by atoms with Gasteiger partial charge in [0.15, 0.2) is 0 Å². The first-order valence-corrected chi connectivity index (χ1v) is 4.77. The van der Waals surface area contributed by atoms with E-state index in [1.54, 1.807) is 0 Å². The van der Waals surface area contributed by atoms with Gasteiger partial charge in [0.05, 0.1) is 12.1 Å². The number of methoxy groups -OCH3 is 1. The summed E-state index contributed by atoms with van der Waals surface area (Å²) in [6.45, 7) is 0. The van der Waals surface area contributed by atoms with E-state index < -0.39 is 5.54 Å². The van der Waals surface area contributed by atoms with Crippen molar-refractivity contribution in [2.24, 2.45) is 5.73 Å². The van der Waals surface area contributed by atoms with Crippen LogP contribution in [0.3, 0.4) is 0 Å². The van der Waals surface area contributed by atoms with E-state index in [0.29, 0.717) is 16.3 Å². The second-order valence-electron chi connectivity index (χ2n) is 3.63. The molecule has 0 heterocycles. The summed E-state index contributed by atoms with van der Waals surface area (Å²) in [5.41, 5.74) is 6.17. The highest BCUT2D eigenvalue weighted by Crippen LogP contribution is 2.47. The first-order chi connectivity index (χ1) is 6.57. The summed E-state index contributed by atoms with van der Waals surface area (Å²) in [7, 11) is 1.46. The summed E-state index contributed by atoms with van der Waals surface area (Å²) in [4.78, 5) is 0. The maximum absolute atomic E-state index is 13.2. The van der Waals surface area contributed by atoms with Gasteiger partial charge in [-0.2, -0.15) is 0 Å². The molecule has 0 radical (unpaired) electrons. The third-order valence-corrected chi connectivity index (χ3v) is 2.94. The summed E-state index contributed by atoms with van der Waals surface area (Å²) >= 11 is 6.03. The molecule has 76 valence electrons. The molecule has 0 amide bonds. The van der Waals surface area contributed by atoms with Crippen molar-refractivity contribution in [3.8, 4) is 5.75 Å². The Morgan fingerprint density at radius 3 is 2.64 bits per heavy atom. The van der Waals surface area contributed by atoms with E-state index >= 15 is 0 Å². The highest BCUT2D eigenvalue weighted by atomic mass is 35.5. The highest BCUT2D eigenvalue weighted by Gasteiger charge is 2.42. The van der Waals surface area contributed by atoms with Crippen LogP contribution in [0.25, 0.3) is 0 Å². The minimum absolute atomic E-state index is 0.346. The fourth-order valence-electron chi connectivity index (χ4n) is 1.48. The van der Waals surface area contributed by atoms with Crippen LogP contribution in [0.4, 0.5) is 4.39 Å². The van der Waals surface area contributed by atoms with Gasteiger partial charge < -0.3 is 10.5 Å². The molecule has 1 aromatic carbocycles. The topological polar surface area (TPSA) is 35.2 Å². The maximum atomic E-state index is 13.2. The van der Waals surface area contributed by atoms with Crippen molar-refractivity contribution in [3.05, 3.63) is 28.5 Å². The van der Waals surface area contributed by atoms with Crippen LogP contribution in [-0.4, -0.2) is 7.11 Å². The fourth-order valence-corrected chi connectivity index (χ4v) is 1.85. The predicted molar refractivity (Wildman–Crippen MR) is 53.1 cm³/mol. The lowest BCUT2D eigenvalue weighted by atomic mass is 10.1. The molecule has 0 saturated heterocycles. The van der Waals surface area contributed by atoms with Crippen molar-refractivity contribution in [1.29, 1.82) is 0 Å². The molecule has 0 aromatic heterocycles. The average Bonchev–Trinajstić information content (AvgIpc) is 2.88. The number of hydrogen-bond acceptors (Lipinski definition) is 2. The number of benzene rings is 1. The largest absolute Gasteiger partial charge is 0.495 e. The second-order valence-corrected chi connectivity index (χ2v) is 4.00. The zero-order valence-corrected chi connectivity index (χ0v) is 8.57. The summed E-state index contributed by atoms with van der Waals surface area (Å²) in [5, 5.41) is 0.425. The molecule has 0 bridgehead atoms. The van der Waals surface area contributed by atoms with Gasteiger partial charge in [-0.15, -0.1) is 0 Å². The van der Waals surface area contributed by atoms with Crippen molar-refractivity contribution in [3.63, 3.8) is 0 Å². The Balaban J connectivity index is 2.54. The van der Waals surface area contributed by atoms with Gasteiger partial charge in [-0.05, 0) is 24.5 Å². The predicted octanol–water partition coefficient (Wildman–Crippen LogP) is 2.44. The van der Waals surface area contributed by atoms with Crippen LogP contribution in [0.1, 0.15) is 18.4 Å². The zero-order valence-electron chi connectivity index (χ0n) is 7.81. The van der Waals surface area contributed by atoms with Crippen molar-refractivity contribution in [2.45, 2.75) is 18.4 Å². The first-order valence-electron chi connectivity index (χ1n) is 4.39. The quantitative estimate of drug-likeness (QED) is 0.823. The Kier molecular flexibility index (Phi) is 2.16. The Morgan fingerprint density at radius 1 is 1.50 bits per heavy atom. The van der Waals surface area contributed by atoms with E-state index in [9.17, 15) is 4.39 Å². The molecule has 1 aliphatic rings. The first kappa shape index (κ1) is 9.74. The standard InChI is InChI=1S/C10H11ClFNO/c1-14-8-5-6(12)4-7(9(8)11)10(13)2-3-10/h4-5H,2-3,13H2,1H3. The number of rotatable bonds is 2. The number of nitrogens with two attached hydrogens (primary N) is 1. The van der Waals surface area contributed by atoms with E-state index in [1.165, 1.54) is 19.2 Å². The van der Waals surface area contributed by atoms with E-state index in [0.717, 1.165) is 12.8 Å². The molecule has 14 heavy (non-hydrogen) atoms. The average molecular weight is 216 g/mol. The lowest BCUT2D eigenvalue weighted by Gasteiger charge is -2.14. The van der Waals surface area contributed by atoms with Gasteiger partial charge in [-0.3, -0.25) is 0 Å². The molecular weight excluding hydrogens is 205 g/mol. The maximum Gasteiger partial charge on any atom is 0.140 e. The van der Waals surface area contributed by atoms with Crippen molar-refractivity contribution in [1.82, 2.24) is 0 Å². The minimum atomic E-state index is -0.438. The number of ether oxygens (including phenoxy) is 1. The summed E-state index contributed by atoms with van der Waals surface area (Å²) < 4.78 is 18.1. The van der Waals surface area contributed by atoms with E-state index in [-0.39, 0.29) is 5.82 Å². The van der Waals surface area contributed by atoms with Crippen LogP contribution >= 0.6 is 11.6 Å². The molecule has 0 unspecified atom stereocenters. The third kappa shape index (κ3) is 1.47. The van der Waals surface area contributed by atoms with Gasteiger partial charge in [0.1, 0.15) is 11.6 Å². The molecule has 0 atom stereocenters. The Bertz CT molecular complexity index is 377. The van der Waals surface area contributed by atoms with Crippen molar-refractivity contribution >= 4 is 11.6 Å². The van der Waals surface area contributed by atoms with Crippen LogP contribution in [0.5, 0.6) is 5.75 Å². The molecule has 0 aliphatic heterocycles. The normalized spacial score (nSPS) is 18.0. The van der Waals surface area contributed by atoms with E-state index in [2.05, 4.69) is 0 Å². The summed E-state index contributed by atoms with van der Waals surface area (Å²) in [6, 6.07) is 2.65. The fraction of sp³-hybridized carbons (Fsp3) is 0.400. The summed E-state index contributed by atoms with van der Waals surface area (Å²) in [5.74, 6) is -0.0173. The monoisotopic (exact) mass is 215 g/mol. The van der Waals surface area contributed by atoms with Crippen LogP contribution in [-0.2, 0) is 5.54 Å². The van der Waals surface area contributed by atoms with Gasteiger partial charge in [0.2, 0.25) is 0 Å². The molecule has 1 aliphatic carbocycles. The van der Waals surface area contributed by atoms with Gasteiger partial charge in [0.25, 0.3) is 0 Å². The number of hydrogen-bond donors (Lipinski definition) is 1. The van der Waals surface area contributed by atoms with Crippen LogP contribution < -0.4 is 10.5 Å². The van der Waals surface area contributed by atoms with Crippen molar-refractivity contribution < 1.29 is 9.13 Å².